The average molecular weight is 234 g/mol. The molecule has 2 aromatic heterocycles. The van der Waals surface area contributed by atoms with Crippen molar-refractivity contribution in [3.8, 4) is 11.1 Å². The first kappa shape index (κ1) is 10.9. The molecule has 2 heterocycles. The highest BCUT2D eigenvalue weighted by atomic mass is 14.7. The van der Waals surface area contributed by atoms with Crippen molar-refractivity contribution in [1.29, 1.82) is 0 Å². The van der Waals surface area contributed by atoms with E-state index in [0.717, 1.165) is 23.1 Å². The van der Waals surface area contributed by atoms with E-state index in [9.17, 15) is 0 Å². The third-order valence-electron chi connectivity index (χ3n) is 3.15. The van der Waals surface area contributed by atoms with Crippen LogP contribution in [0.5, 0.6) is 0 Å². The van der Waals surface area contributed by atoms with Crippen LogP contribution in [0, 0.1) is 0 Å². The monoisotopic (exact) mass is 234 g/mol. The smallest absolute Gasteiger partial charge is 0.0781 e. The zero-order valence-electron chi connectivity index (χ0n) is 10.3. The Labute approximate surface area is 106 Å². The molecule has 1 aromatic carbocycles. The quantitative estimate of drug-likeness (QED) is 0.673. The fraction of sp³-hybridized carbons (Fsp3) is 0.125. The van der Waals surface area contributed by atoms with Gasteiger partial charge in [0.1, 0.15) is 0 Å². The van der Waals surface area contributed by atoms with Gasteiger partial charge in [0.15, 0.2) is 0 Å². The molecule has 0 radical (unpaired) electrons. The Bertz CT molecular complexity index is 675. The number of aromatic nitrogens is 2. The Morgan fingerprint density at radius 2 is 2.00 bits per heavy atom. The van der Waals surface area contributed by atoms with Gasteiger partial charge >= 0.3 is 0 Å². The minimum Gasteiger partial charge on any atom is -0.264 e. The molecule has 0 amide bonds. The minimum atomic E-state index is 1.01. The maximum Gasteiger partial charge on any atom is 0.0781 e. The van der Waals surface area contributed by atoms with Crippen molar-refractivity contribution >= 4 is 10.9 Å². The number of para-hydroxylation sites is 1. The van der Waals surface area contributed by atoms with Crippen molar-refractivity contribution in [1.82, 2.24) is 9.97 Å². The van der Waals surface area contributed by atoms with Crippen LogP contribution in [0.15, 0.2) is 55.0 Å². The molecule has 0 saturated carbocycles. The van der Waals surface area contributed by atoms with E-state index in [-0.39, 0.29) is 0 Å². The van der Waals surface area contributed by atoms with Crippen LogP contribution in [0.2, 0.25) is 0 Å². The molecule has 0 bridgehead atoms. The number of rotatable bonds is 2. The van der Waals surface area contributed by atoms with Gasteiger partial charge in [0.25, 0.3) is 0 Å². The van der Waals surface area contributed by atoms with E-state index in [1.165, 1.54) is 10.9 Å². The maximum absolute atomic E-state index is 4.60. The molecule has 18 heavy (non-hydrogen) atoms. The van der Waals surface area contributed by atoms with E-state index in [2.05, 4.69) is 47.2 Å². The molecule has 0 fully saturated rings. The lowest BCUT2D eigenvalue weighted by atomic mass is 10.0. The number of aryl methyl sites for hydroxylation is 1. The van der Waals surface area contributed by atoms with Crippen LogP contribution in [0.25, 0.3) is 22.0 Å². The van der Waals surface area contributed by atoms with Crippen LogP contribution < -0.4 is 0 Å². The summed E-state index contributed by atoms with van der Waals surface area (Å²) in [6.45, 7) is 2.15. The summed E-state index contributed by atoms with van der Waals surface area (Å²) in [5, 5.41) is 1.19. The highest BCUT2D eigenvalue weighted by Crippen LogP contribution is 2.26. The average Bonchev–Trinajstić information content (AvgIpc) is 2.47. The molecule has 88 valence electrons. The summed E-state index contributed by atoms with van der Waals surface area (Å²) in [5.74, 6) is 0. The predicted octanol–water partition coefficient (Wildman–Crippen LogP) is 3.86. The maximum atomic E-state index is 4.60. The molecular formula is C16H14N2. The van der Waals surface area contributed by atoms with Crippen LogP contribution >= 0.6 is 0 Å². The first-order chi connectivity index (χ1) is 8.88. The van der Waals surface area contributed by atoms with E-state index < -0.39 is 0 Å². The highest BCUT2D eigenvalue weighted by molar-refractivity contribution is 5.93. The summed E-state index contributed by atoms with van der Waals surface area (Å²) in [7, 11) is 0. The molecule has 2 nitrogen and oxygen atoms in total. The van der Waals surface area contributed by atoms with Gasteiger partial charge in [-0.05, 0) is 24.1 Å². The number of benzene rings is 1. The molecule has 0 spiro atoms. The second kappa shape index (κ2) is 4.57. The topological polar surface area (TPSA) is 25.8 Å². The van der Waals surface area contributed by atoms with Gasteiger partial charge in [0.05, 0.1) is 5.52 Å². The van der Waals surface area contributed by atoms with Gasteiger partial charge in [-0.2, -0.15) is 0 Å². The molecular weight excluding hydrogens is 220 g/mol. The van der Waals surface area contributed by atoms with Gasteiger partial charge in [-0.15, -0.1) is 0 Å². The SMILES string of the molecule is CCc1cnc2c(-c3cccnc3)cccc2c1. The Balaban J connectivity index is 2.25. The van der Waals surface area contributed by atoms with E-state index in [0.29, 0.717) is 0 Å². The standard InChI is InChI=1S/C16H14N2/c1-2-12-9-13-5-3-7-15(16(13)18-10-12)14-6-4-8-17-11-14/h3-11H,2H2,1H3. The second-order valence-corrected chi connectivity index (χ2v) is 4.32. The number of fused-ring (bicyclic) bond motifs is 1. The van der Waals surface area contributed by atoms with E-state index >= 15 is 0 Å². The Morgan fingerprint density at radius 1 is 1.06 bits per heavy atom. The number of pyridine rings is 2. The van der Waals surface area contributed by atoms with Crippen molar-refractivity contribution in [2.45, 2.75) is 13.3 Å². The summed E-state index contributed by atoms with van der Waals surface area (Å²) in [5.41, 5.74) is 4.57. The third-order valence-corrected chi connectivity index (χ3v) is 3.15. The Hall–Kier alpha value is -2.22. The number of hydrogen-bond donors (Lipinski definition) is 0. The largest absolute Gasteiger partial charge is 0.264 e. The fourth-order valence-electron chi connectivity index (χ4n) is 2.15. The zero-order chi connectivity index (χ0) is 12.4. The molecule has 3 rings (SSSR count). The van der Waals surface area contributed by atoms with E-state index in [4.69, 9.17) is 0 Å². The first-order valence-electron chi connectivity index (χ1n) is 6.16. The predicted molar refractivity (Wildman–Crippen MR) is 74.4 cm³/mol. The molecule has 0 aliphatic heterocycles. The van der Waals surface area contributed by atoms with Gasteiger partial charge in [0, 0.05) is 35.1 Å². The molecule has 0 saturated heterocycles. The first-order valence-corrected chi connectivity index (χ1v) is 6.16. The normalized spacial score (nSPS) is 10.7. The van der Waals surface area contributed by atoms with E-state index in [1.807, 2.05) is 18.5 Å². The summed E-state index contributed by atoms with van der Waals surface area (Å²) in [6.07, 6.45) is 6.64. The van der Waals surface area contributed by atoms with Crippen LogP contribution in [0.3, 0.4) is 0 Å². The molecule has 0 unspecified atom stereocenters. The Morgan fingerprint density at radius 3 is 2.78 bits per heavy atom. The lowest BCUT2D eigenvalue weighted by molar-refractivity contribution is 1.12. The minimum absolute atomic E-state index is 1.01. The van der Waals surface area contributed by atoms with Crippen molar-refractivity contribution in [2.75, 3.05) is 0 Å². The molecule has 0 atom stereocenters. The van der Waals surface area contributed by atoms with Crippen LogP contribution in [-0.2, 0) is 6.42 Å². The molecule has 2 heteroatoms. The number of hydrogen-bond acceptors (Lipinski definition) is 2. The van der Waals surface area contributed by atoms with Crippen LogP contribution in [0.4, 0.5) is 0 Å². The lowest BCUT2D eigenvalue weighted by Gasteiger charge is -2.06. The van der Waals surface area contributed by atoms with Crippen LogP contribution in [-0.4, -0.2) is 9.97 Å². The van der Waals surface area contributed by atoms with Gasteiger partial charge < -0.3 is 0 Å². The van der Waals surface area contributed by atoms with Crippen molar-refractivity contribution in [3.63, 3.8) is 0 Å². The van der Waals surface area contributed by atoms with Crippen LogP contribution in [0.1, 0.15) is 12.5 Å². The van der Waals surface area contributed by atoms with Gasteiger partial charge in [-0.3, -0.25) is 9.97 Å². The second-order valence-electron chi connectivity index (χ2n) is 4.32. The van der Waals surface area contributed by atoms with E-state index in [1.54, 1.807) is 6.20 Å². The van der Waals surface area contributed by atoms with Gasteiger partial charge in [-0.1, -0.05) is 31.2 Å². The third kappa shape index (κ3) is 1.86. The van der Waals surface area contributed by atoms with Gasteiger partial charge in [-0.25, -0.2) is 0 Å². The summed E-state index contributed by atoms with van der Waals surface area (Å²) in [6, 6.07) is 12.5. The summed E-state index contributed by atoms with van der Waals surface area (Å²) in [4.78, 5) is 8.77. The summed E-state index contributed by atoms with van der Waals surface area (Å²) < 4.78 is 0. The lowest BCUT2D eigenvalue weighted by Crippen LogP contribution is -1.88. The highest BCUT2D eigenvalue weighted by Gasteiger charge is 2.05. The zero-order valence-corrected chi connectivity index (χ0v) is 10.3. The molecule has 0 N–H and O–H groups in total. The van der Waals surface area contributed by atoms with Gasteiger partial charge in [0.2, 0.25) is 0 Å². The van der Waals surface area contributed by atoms with Crippen molar-refractivity contribution in [2.24, 2.45) is 0 Å². The summed E-state index contributed by atoms with van der Waals surface area (Å²) >= 11 is 0. The molecule has 3 aromatic rings. The molecule has 0 aliphatic carbocycles. The van der Waals surface area contributed by atoms with Crippen molar-refractivity contribution < 1.29 is 0 Å². The van der Waals surface area contributed by atoms with Crippen molar-refractivity contribution in [3.05, 3.63) is 60.6 Å². The Kier molecular flexibility index (Phi) is 2.77. The fourth-order valence-corrected chi connectivity index (χ4v) is 2.15. The number of nitrogens with zero attached hydrogens (tertiary/aromatic N) is 2. The molecule has 0 aliphatic rings.